The third kappa shape index (κ3) is 13.1. The fourth-order valence-corrected chi connectivity index (χ4v) is 5.59. The van der Waals surface area contributed by atoms with Gasteiger partial charge in [-0.1, -0.05) is 57.7 Å². The molecule has 0 fully saturated rings. The molecule has 258 valence electrons. The first-order valence-corrected chi connectivity index (χ1v) is 16.8. The van der Waals surface area contributed by atoms with Crippen molar-refractivity contribution in [2.24, 2.45) is 5.73 Å². The van der Waals surface area contributed by atoms with Crippen LogP contribution in [0.2, 0.25) is 0 Å². The number of nitrogens with one attached hydrogen (secondary N) is 3. The molecule has 2 aromatic carbocycles. The zero-order chi connectivity index (χ0) is 33.9. The van der Waals surface area contributed by atoms with Gasteiger partial charge < -0.3 is 20.5 Å². The van der Waals surface area contributed by atoms with Crippen LogP contribution >= 0.6 is 22.7 Å². The van der Waals surface area contributed by atoms with E-state index in [1.807, 2.05) is 73.1 Å². The van der Waals surface area contributed by atoms with Gasteiger partial charge in [-0.3, -0.25) is 15.2 Å². The Labute approximate surface area is 290 Å². The molecule has 0 unspecified atom stereocenters. The number of nitrogens with two attached hydrogens (primary N) is 1. The molecule has 3 aromatic heterocycles. The fourth-order valence-electron chi connectivity index (χ4n) is 4.02. The van der Waals surface area contributed by atoms with E-state index >= 15 is 0 Å². The van der Waals surface area contributed by atoms with Gasteiger partial charge in [-0.2, -0.15) is 0 Å². The van der Waals surface area contributed by atoms with Crippen LogP contribution in [-0.4, -0.2) is 58.9 Å². The molecule has 5 rings (SSSR count). The van der Waals surface area contributed by atoms with Crippen LogP contribution in [0.1, 0.15) is 43.8 Å². The van der Waals surface area contributed by atoms with Crippen LogP contribution in [0.4, 0.5) is 19.9 Å². The molecule has 3 heterocycles. The predicted molar refractivity (Wildman–Crippen MR) is 196 cm³/mol. The van der Waals surface area contributed by atoms with Crippen molar-refractivity contribution in [1.82, 2.24) is 24.8 Å². The van der Waals surface area contributed by atoms with Crippen LogP contribution in [0.25, 0.3) is 0 Å². The Balaban J connectivity index is 0.000000261. The maximum absolute atomic E-state index is 11.8. The highest BCUT2D eigenvalue weighted by atomic mass is 32.1. The number of anilines is 2. The molecule has 0 aliphatic heterocycles. The van der Waals surface area contributed by atoms with E-state index in [4.69, 9.17) is 15.2 Å². The number of imidazole rings is 1. The quantitative estimate of drug-likeness (QED) is 0.116. The number of benzene rings is 2. The Kier molecular flexibility index (Phi) is 18.0. The lowest BCUT2D eigenvalue weighted by Crippen LogP contribution is -2.30. The van der Waals surface area contributed by atoms with Crippen molar-refractivity contribution in [3.63, 3.8) is 0 Å². The first-order valence-electron chi connectivity index (χ1n) is 15.1. The minimum atomic E-state index is -0.246. The zero-order valence-corrected chi connectivity index (χ0v) is 28.7. The van der Waals surface area contributed by atoms with E-state index in [1.165, 1.54) is 39.1 Å². The van der Waals surface area contributed by atoms with E-state index < -0.39 is 0 Å². The number of nitrogens with zero attached hydrogens (tertiary/aromatic N) is 4. The van der Waals surface area contributed by atoms with Crippen molar-refractivity contribution in [3.8, 4) is 11.5 Å². The number of amides is 3. The van der Waals surface area contributed by atoms with Crippen LogP contribution in [0, 0.1) is 0 Å². The highest BCUT2D eigenvalue weighted by Gasteiger charge is 2.08. The van der Waals surface area contributed by atoms with Gasteiger partial charge in [0.25, 0.3) is 0 Å². The summed E-state index contributed by atoms with van der Waals surface area (Å²) in [6, 6.07) is 15.2. The van der Waals surface area contributed by atoms with Gasteiger partial charge in [0.05, 0.1) is 25.6 Å². The molecule has 0 atom stereocenters. The fraction of sp³-hybridized carbons (Fsp3) is 0.324. The SMILES string of the molecule is C.CCc1csc(NC(=O)NCCc2ccccc2OC)n1.CCc1csc(NC(=O)n2ccnc2)n1.COc1ccccc1CCN. The molecular weight excluding hydrogens is 649 g/mol. The maximum atomic E-state index is 11.8. The summed E-state index contributed by atoms with van der Waals surface area (Å²) in [5.74, 6) is 1.77. The van der Waals surface area contributed by atoms with Crippen molar-refractivity contribution in [3.05, 3.63) is 101 Å². The first kappa shape index (κ1) is 39.4. The molecular formula is C34H46N8O4S2. The summed E-state index contributed by atoms with van der Waals surface area (Å²) in [6.07, 6.45) is 7.93. The largest absolute Gasteiger partial charge is 0.496 e. The Bertz CT molecular complexity index is 1640. The number of aromatic nitrogens is 4. The maximum Gasteiger partial charge on any atom is 0.333 e. The number of urea groups is 1. The summed E-state index contributed by atoms with van der Waals surface area (Å²) in [7, 11) is 3.32. The zero-order valence-electron chi connectivity index (χ0n) is 27.1. The number of aryl methyl sites for hydroxylation is 2. The Hall–Kier alpha value is -4.79. The molecule has 0 saturated carbocycles. The highest BCUT2D eigenvalue weighted by molar-refractivity contribution is 7.14. The lowest BCUT2D eigenvalue weighted by atomic mass is 10.1. The van der Waals surface area contributed by atoms with Crippen LogP contribution in [0.3, 0.4) is 0 Å². The second-order valence-corrected chi connectivity index (χ2v) is 11.4. The molecule has 48 heavy (non-hydrogen) atoms. The summed E-state index contributed by atoms with van der Waals surface area (Å²) < 4.78 is 11.8. The molecule has 14 heteroatoms. The third-order valence-electron chi connectivity index (χ3n) is 6.48. The summed E-state index contributed by atoms with van der Waals surface area (Å²) in [6.45, 7) is 5.27. The number of hydrogen-bond acceptors (Lipinski definition) is 10. The summed E-state index contributed by atoms with van der Waals surface area (Å²) in [5, 5.41) is 13.4. The molecule has 0 spiro atoms. The average Bonchev–Trinajstić information content (AvgIpc) is 3.89. The van der Waals surface area contributed by atoms with Gasteiger partial charge in [0.15, 0.2) is 10.3 Å². The molecule has 3 amide bonds. The summed E-state index contributed by atoms with van der Waals surface area (Å²) >= 11 is 2.86. The number of methoxy groups -OCH3 is 2. The van der Waals surface area contributed by atoms with Gasteiger partial charge in [-0.05, 0) is 55.5 Å². The van der Waals surface area contributed by atoms with Crippen molar-refractivity contribution in [2.75, 3.05) is 37.9 Å². The van der Waals surface area contributed by atoms with Gasteiger partial charge in [0.2, 0.25) is 0 Å². The van der Waals surface area contributed by atoms with Gasteiger partial charge in [-0.25, -0.2) is 24.5 Å². The van der Waals surface area contributed by atoms with E-state index in [0.717, 1.165) is 54.1 Å². The lowest BCUT2D eigenvalue weighted by Gasteiger charge is -2.09. The Morgan fingerprint density at radius 1 is 0.833 bits per heavy atom. The minimum Gasteiger partial charge on any atom is -0.496 e. The van der Waals surface area contributed by atoms with Crippen molar-refractivity contribution >= 4 is 45.0 Å². The molecule has 0 bridgehead atoms. The topological polar surface area (TPSA) is 158 Å². The van der Waals surface area contributed by atoms with Crippen LogP contribution in [0.15, 0.2) is 78.0 Å². The van der Waals surface area contributed by atoms with E-state index in [-0.39, 0.29) is 19.5 Å². The summed E-state index contributed by atoms with van der Waals surface area (Å²) in [5.41, 5.74) is 9.66. The van der Waals surface area contributed by atoms with Crippen molar-refractivity contribution < 1.29 is 19.1 Å². The normalized spacial score (nSPS) is 9.85. The molecule has 5 aromatic rings. The average molecular weight is 695 g/mol. The number of ether oxygens (including phenoxy) is 2. The lowest BCUT2D eigenvalue weighted by molar-refractivity contribution is 0.251. The Morgan fingerprint density at radius 2 is 1.38 bits per heavy atom. The van der Waals surface area contributed by atoms with E-state index in [2.05, 4.69) is 30.9 Å². The second kappa shape index (κ2) is 21.9. The van der Waals surface area contributed by atoms with Crippen LogP contribution in [-0.2, 0) is 25.7 Å². The Morgan fingerprint density at radius 3 is 1.85 bits per heavy atom. The van der Waals surface area contributed by atoms with Crippen molar-refractivity contribution in [1.29, 1.82) is 0 Å². The third-order valence-corrected chi connectivity index (χ3v) is 8.09. The minimum absolute atomic E-state index is 0. The number of rotatable bonds is 11. The number of hydrogen-bond donors (Lipinski definition) is 4. The highest BCUT2D eigenvalue weighted by Crippen LogP contribution is 2.19. The van der Waals surface area contributed by atoms with E-state index in [9.17, 15) is 9.59 Å². The van der Waals surface area contributed by atoms with Crippen LogP contribution in [0.5, 0.6) is 11.5 Å². The van der Waals surface area contributed by atoms with Gasteiger partial charge >= 0.3 is 12.1 Å². The van der Waals surface area contributed by atoms with Gasteiger partial charge in [-0.15, -0.1) is 22.7 Å². The molecule has 0 saturated heterocycles. The molecule has 5 N–H and O–H groups in total. The van der Waals surface area contributed by atoms with Gasteiger partial charge in [0, 0.05) is 29.7 Å². The number of carbonyl (C=O) groups excluding carboxylic acids is 2. The number of para-hydroxylation sites is 2. The van der Waals surface area contributed by atoms with E-state index in [0.29, 0.717) is 23.4 Å². The molecule has 12 nitrogen and oxygen atoms in total. The van der Waals surface area contributed by atoms with Crippen molar-refractivity contribution in [2.45, 2.75) is 47.0 Å². The van der Waals surface area contributed by atoms with Crippen LogP contribution < -0.4 is 31.2 Å². The standard InChI is InChI=1S/C15H19N3O2S.C9H10N4OS.C9H13NO.CH4/c1-3-12-10-21-15(17-12)18-14(19)16-9-8-11-6-4-5-7-13(11)20-2;1-2-7-5-15-8(11-7)12-9(14)13-4-3-10-6-13;1-11-9-5-3-2-4-8(9)6-7-10;/h4-7,10H,3,8-9H2,1-2H3,(H2,16,17,18,19);3-6H,2H2,1H3,(H,11,12,14);2-5H,6-7,10H2,1H3;1H4. The smallest absolute Gasteiger partial charge is 0.333 e. The predicted octanol–water partition coefficient (Wildman–Crippen LogP) is 6.89. The first-order chi connectivity index (χ1) is 22.9. The molecule has 0 aliphatic carbocycles. The molecule has 0 aliphatic rings. The summed E-state index contributed by atoms with van der Waals surface area (Å²) in [4.78, 5) is 35.6. The van der Waals surface area contributed by atoms with Gasteiger partial charge in [0.1, 0.15) is 17.8 Å². The number of thiazole rings is 2. The second-order valence-electron chi connectivity index (χ2n) is 9.69. The van der Waals surface area contributed by atoms with E-state index in [1.54, 1.807) is 26.6 Å². The number of carbonyl (C=O) groups is 2. The molecule has 0 radical (unpaired) electrons. The monoisotopic (exact) mass is 694 g/mol.